The molecule has 1 N–H and O–H groups in total. The Kier molecular flexibility index (Phi) is 4.37. The Labute approximate surface area is 151 Å². The molecule has 1 aromatic carbocycles. The summed E-state index contributed by atoms with van der Waals surface area (Å²) in [6.07, 6.45) is 0. The Balaban J connectivity index is 1.73. The predicted molar refractivity (Wildman–Crippen MR) is 99.1 cm³/mol. The molecular formula is C17H13FN4OS2. The average Bonchev–Trinajstić information content (AvgIpc) is 3.36. The maximum atomic E-state index is 13.2. The first-order valence-electron chi connectivity index (χ1n) is 7.59. The van der Waals surface area contributed by atoms with Crippen molar-refractivity contribution in [3.63, 3.8) is 0 Å². The predicted octanol–water partition coefficient (Wildman–Crippen LogP) is 3.57. The van der Waals surface area contributed by atoms with Crippen molar-refractivity contribution < 1.29 is 9.18 Å². The minimum absolute atomic E-state index is 0.294. The second kappa shape index (κ2) is 6.81. The summed E-state index contributed by atoms with van der Waals surface area (Å²) in [6, 6.07) is 11.7. The maximum absolute atomic E-state index is 13.2. The number of thioether (sulfide) groups is 1. The monoisotopic (exact) mass is 372 g/mol. The van der Waals surface area contributed by atoms with Gasteiger partial charge < -0.3 is 0 Å². The zero-order chi connectivity index (χ0) is 17.2. The molecule has 0 bridgehead atoms. The van der Waals surface area contributed by atoms with Gasteiger partial charge in [0, 0.05) is 5.75 Å². The van der Waals surface area contributed by atoms with Crippen LogP contribution in [0.15, 0.2) is 52.8 Å². The van der Waals surface area contributed by atoms with Crippen LogP contribution in [0.5, 0.6) is 0 Å². The fourth-order valence-corrected chi connectivity index (χ4v) is 3.89. The molecule has 0 radical (unpaired) electrons. The summed E-state index contributed by atoms with van der Waals surface area (Å²) in [4.78, 5) is 17.7. The molecule has 0 spiro atoms. The number of thiophene rings is 1. The van der Waals surface area contributed by atoms with Crippen LogP contribution in [0.25, 0.3) is 16.3 Å². The van der Waals surface area contributed by atoms with Gasteiger partial charge in [0.2, 0.25) is 0 Å². The van der Waals surface area contributed by atoms with Gasteiger partial charge in [0.15, 0.2) is 10.9 Å². The number of hydrogen-bond donors (Lipinski definition) is 1. The van der Waals surface area contributed by atoms with E-state index in [0.717, 1.165) is 16.3 Å². The third-order valence-electron chi connectivity index (χ3n) is 3.59. The largest absolute Gasteiger partial charge is 0.300 e. The van der Waals surface area contributed by atoms with Gasteiger partial charge in [-0.2, -0.15) is 5.10 Å². The highest BCUT2D eigenvalue weighted by atomic mass is 32.2. The fourth-order valence-electron chi connectivity index (χ4n) is 2.44. The molecule has 0 saturated heterocycles. The Morgan fingerprint density at radius 2 is 2.08 bits per heavy atom. The smallest absolute Gasteiger partial charge is 0.277 e. The third-order valence-corrected chi connectivity index (χ3v) is 5.38. The summed E-state index contributed by atoms with van der Waals surface area (Å²) in [5, 5.41) is 9.80. The zero-order valence-corrected chi connectivity index (χ0v) is 14.6. The lowest BCUT2D eigenvalue weighted by atomic mass is 10.2. The number of halogens is 1. The number of carbonyl (C=O) groups is 1. The lowest BCUT2D eigenvalue weighted by molar-refractivity contribution is 0.0972. The van der Waals surface area contributed by atoms with Crippen LogP contribution < -0.4 is 5.32 Å². The number of nitrogens with zero attached hydrogens (tertiary/aromatic N) is 3. The van der Waals surface area contributed by atoms with Crippen LogP contribution in [0.2, 0.25) is 0 Å². The van der Waals surface area contributed by atoms with Crippen LogP contribution in [0.4, 0.5) is 4.39 Å². The minimum Gasteiger partial charge on any atom is -0.300 e. The lowest BCUT2D eigenvalue weighted by Gasteiger charge is -2.05. The van der Waals surface area contributed by atoms with E-state index in [9.17, 15) is 9.18 Å². The molecule has 0 aliphatic carbocycles. The molecule has 1 aliphatic rings. The zero-order valence-electron chi connectivity index (χ0n) is 13.0. The highest BCUT2D eigenvalue weighted by molar-refractivity contribution is 8.14. The third kappa shape index (κ3) is 3.35. The van der Waals surface area contributed by atoms with Gasteiger partial charge in [0.1, 0.15) is 5.82 Å². The number of amides is 1. The van der Waals surface area contributed by atoms with Crippen molar-refractivity contribution >= 4 is 34.2 Å². The van der Waals surface area contributed by atoms with Crippen LogP contribution in [0.3, 0.4) is 0 Å². The SMILES string of the molecule is O=C(NC1=NCCS1)c1cc(-c2cccs2)n(-c2ccc(F)cc2)n1. The van der Waals surface area contributed by atoms with E-state index in [4.69, 9.17) is 0 Å². The number of rotatable bonds is 3. The molecule has 1 amide bonds. The van der Waals surface area contributed by atoms with E-state index >= 15 is 0 Å². The molecule has 8 heteroatoms. The van der Waals surface area contributed by atoms with Crippen molar-refractivity contribution in [3.05, 3.63) is 59.4 Å². The number of aromatic nitrogens is 2. The summed E-state index contributed by atoms with van der Waals surface area (Å²) in [7, 11) is 0. The summed E-state index contributed by atoms with van der Waals surface area (Å²) in [5.74, 6) is 0.259. The molecule has 5 nitrogen and oxygen atoms in total. The van der Waals surface area contributed by atoms with Crippen molar-refractivity contribution in [3.8, 4) is 16.3 Å². The highest BCUT2D eigenvalue weighted by Crippen LogP contribution is 2.28. The van der Waals surface area contributed by atoms with E-state index in [1.807, 2.05) is 17.5 Å². The molecular weight excluding hydrogens is 359 g/mol. The first-order valence-corrected chi connectivity index (χ1v) is 9.46. The van der Waals surface area contributed by atoms with Crippen molar-refractivity contribution in [2.75, 3.05) is 12.3 Å². The molecule has 0 atom stereocenters. The van der Waals surface area contributed by atoms with Crippen LogP contribution in [-0.4, -0.2) is 33.2 Å². The van der Waals surface area contributed by atoms with Gasteiger partial charge in [-0.25, -0.2) is 9.07 Å². The highest BCUT2D eigenvalue weighted by Gasteiger charge is 2.19. The number of hydrogen-bond acceptors (Lipinski definition) is 5. The van der Waals surface area contributed by atoms with Gasteiger partial charge in [-0.05, 0) is 41.8 Å². The maximum Gasteiger partial charge on any atom is 0.277 e. The van der Waals surface area contributed by atoms with Crippen molar-refractivity contribution in [1.82, 2.24) is 15.1 Å². The molecule has 25 heavy (non-hydrogen) atoms. The van der Waals surface area contributed by atoms with Crippen LogP contribution in [-0.2, 0) is 0 Å². The Bertz CT molecular complexity index is 932. The molecule has 0 unspecified atom stereocenters. The molecule has 0 saturated carbocycles. The van der Waals surface area contributed by atoms with Crippen LogP contribution >= 0.6 is 23.1 Å². The van der Waals surface area contributed by atoms with E-state index in [0.29, 0.717) is 23.1 Å². The number of nitrogens with one attached hydrogen (secondary N) is 1. The van der Waals surface area contributed by atoms with E-state index < -0.39 is 0 Å². The normalized spacial score (nSPS) is 13.7. The molecule has 3 heterocycles. The quantitative estimate of drug-likeness (QED) is 0.765. The number of aliphatic imine (C=N–C) groups is 1. The number of amidine groups is 1. The van der Waals surface area contributed by atoms with E-state index in [1.54, 1.807) is 34.2 Å². The van der Waals surface area contributed by atoms with Gasteiger partial charge >= 0.3 is 0 Å². The van der Waals surface area contributed by atoms with Crippen molar-refractivity contribution in [1.29, 1.82) is 0 Å². The average molecular weight is 372 g/mol. The second-order valence-corrected chi connectivity index (χ2v) is 7.30. The van der Waals surface area contributed by atoms with E-state index in [1.165, 1.54) is 23.9 Å². The van der Waals surface area contributed by atoms with Crippen molar-refractivity contribution in [2.24, 2.45) is 4.99 Å². The summed E-state index contributed by atoms with van der Waals surface area (Å²) < 4.78 is 14.9. The Morgan fingerprint density at radius 1 is 1.24 bits per heavy atom. The molecule has 0 fully saturated rings. The van der Waals surface area contributed by atoms with Gasteiger partial charge in [-0.3, -0.25) is 15.1 Å². The van der Waals surface area contributed by atoms with Gasteiger partial charge in [-0.1, -0.05) is 17.8 Å². The van der Waals surface area contributed by atoms with Gasteiger partial charge in [0.05, 0.1) is 22.8 Å². The topological polar surface area (TPSA) is 59.3 Å². The van der Waals surface area contributed by atoms with Gasteiger partial charge in [0.25, 0.3) is 5.91 Å². The Morgan fingerprint density at radius 3 is 2.76 bits per heavy atom. The first-order chi connectivity index (χ1) is 12.2. The summed E-state index contributed by atoms with van der Waals surface area (Å²) in [5.41, 5.74) is 1.77. The Hall–Kier alpha value is -2.45. The van der Waals surface area contributed by atoms with Crippen molar-refractivity contribution in [2.45, 2.75) is 0 Å². The van der Waals surface area contributed by atoms with Crippen LogP contribution in [0, 0.1) is 5.82 Å². The number of benzene rings is 1. The molecule has 2 aromatic heterocycles. The molecule has 1 aliphatic heterocycles. The second-order valence-electron chi connectivity index (χ2n) is 5.27. The number of carbonyl (C=O) groups excluding carboxylic acids is 1. The molecule has 126 valence electrons. The van der Waals surface area contributed by atoms with Crippen LogP contribution in [0.1, 0.15) is 10.5 Å². The van der Waals surface area contributed by atoms with Gasteiger partial charge in [-0.15, -0.1) is 11.3 Å². The standard InChI is InChI=1S/C17H13FN4OS2/c18-11-3-5-12(6-4-11)22-14(15-2-1-8-24-15)10-13(21-22)16(23)20-17-19-7-9-25-17/h1-6,8,10H,7,9H2,(H,19,20,23). The fraction of sp³-hybridized carbons (Fsp3) is 0.118. The molecule has 4 rings (SSSR count). The minimum atomic E-state index is -0.317. The van der Waals surface area contributed by atoms with E-state index in [2.05, 4.69) is 15.4 Å². The lowest BCUT2D eigenvalue weighted by Crippen LogP contribution is -2.27. The first kappa shape index (κ1) is 16.0. The summed E-state index contributed by atoms with van der Waals surface area (Å²) in [6.45, 7) is 0.713. The molecule has 3 aromatic rings. The summed E-state index contributed by atoms with van der Waals surface area (Å²) >= 11 is 3.07. The van der Waals surface area contributed by atoms with E-state index in [-0.39, 0.29) is 11.7 Å².